The van der Waals surface area contributed by atoms with Crippen molar-refractivity contribution in [3.63, 3.8) is 0 Å². The molecule has 2 heterocycles. The van der Waals surface area contributed by atoms with Crippen LogP contribution in [0, 0.1) is 0 Å². The topological polar surface area (TPSA) is 49.8 Å². The maximum absolute atomic E-state index is 12.6. The number of ether oxygens (including phenoxy) is 1. The Hall–Kier alpha value is -1.55. The predicted octanol–water partition coefficient (Wildman–Crippen LogP) is 2.17. The Morgan fingerprint density at radius 1 is 1.45 bits per heavy atom. The van der Waals surface area contributed by atoms with Crippen LogP contribution in [0.1, 0.15) is 49.0 Å². The molecule has 1 aromatic rings. The summed E-state index contributed by atoms with van der Waals surface area (Å²) in [7, 11) is 0. The van der Waals surface area contributed by atoms with E-state index in [1.807, 2.05) is 25.1 Å². The molecule has 1 saturated heterocycles. The minimum absolute atomic E-state index is 0.0408. The van der Waals surface area contributed by atoms with Crippen molar-refractivity contribution in [2.24, 2.45) is 0 Å². The Kier molecular flexibility index (Phi) is 3.01. The largest absolute Gasteiger partial charge is 0.489 e. The van der Waals surface area contributed by atoms with E-state index in [4.69, 9.17) is 4.74 Å². The molecule has 0 spiro atoms. The van der Waals surface area contributed by atoms with Crippen LogP contribution in [0.5, 0.6) is 5.75 Å². The van der Waals surface area contributed by atoms with Gasteiger partial charge in [0, 0.05) is 24.6 Å². The summed E-state index contributed by atoms with van der Waals surface area (Å²) >= 11 is 0. The average Bonchev–Trinajstić information content (AvgIpc) is 2.90. The van der Waals surface area contributed by atoms with Crippen LogP contribution in [-0.2, 0) is 0 Å². The Morgan fingerprint density at radius 3 is 2.85 bits per heavy atom. The van der Waals surface area contributed by atoms with E-state index in [1.54, 1.807) is 11.8 Å². The fraction of sp³-hybridized carbons (Fsp3) is 0.562. The normalized spacial score (nSPS) is 32.1. The Balaban J connectivity index is 1.91. The summed E-state index contributed by atoms with van der Waals surface area (Å²) in [5, 5.41) is 10.0. The molecule has 3 unspecified atom stereocenters. The first kappa shape index (κ1) is 13.4. The lowest BCUT2D eigenvalue weighted by Crippen LogP contribution is -2.34. The van der Waals surface area contributed by atoms with Crippen LogP contribution in [0.4, 0.5) is 0 Å². The van der Waals surface area contributed by atoms with Crippen LogP contribution in [0.3, 0.4) is 0 Å². The second kappa shape index (κ2) is 4.48. The molecule has 2 aliphatic rings. The summed E-state index contributed by atoms with van der Waals surface area (Å²) < 4.78 is 5.87. The van der Waals surface area contributed by atoms with E-state index in [2.05, 4.69) is 6.92 Å². The first-order chi connectivity index (χ1) is 9.39. The number of likely N-dealkylation sites (tertiary alicyclic amines) is 1. The van der Waals surface area contributed by atoms with Crippen LogP contribution in [0.2, 0.25) is 0 Å². The summed E-state index contributed by atoms with van der Waals surface area (Å²) in [5.41, 5.74) is 0.959. The molecule has 20 heavy (non-hydrogen) atoms. The minimum atomic E-state index is -0.769. The number of β-amino-alcohol motifs (C(OH)–C–C–N with tert-alkyl or cyclic N) is 1. The zero-order valence-corrected chi connectivity index (χ0v) is 12.2. The van der Waals surface area contributed by atoms with Crippen LogP contribution in [0.15, 0.2) is 18.2 Å². The van der Waals surface area contributed by atoms with E-state index in [-0.39, 0.29) is 12.0 Å². The molecule has 0 aromatic heterocycles. The van der Waals surface area contributed by atoms with E-state index < -0.39 is 5.60 Å². The zero-order chi connectivity index (χ0) is 14.5. The van der Waals surface area contributed by atoms with Gasteiger partial charge in [-0.15, -0.1) is 0 Å². The Bertz CT molecular complexity index is 553. The molecule has 1 N–H and O–H groups in total. The molecule has 0 bridgehead atoms. The number of rotatable bonds is 1. The average molecular weight is 275 g/mol. The molecule has 4 heteroatoms. The molecule has 0 saturated carbocycles. The molecule has 1 fully saturated rings. The molecule has 108 valence electrons. The lowest BCUT2D eigenvalue weighted by molar-refractivity contribution is 0.0569. The number of carbonyl (C=O) groups excluding carboxylic acids is 1. The van der Waals surface area contributed by atoms with Gasteiger partial charge in [0.15, 0.2) is 0 Å². The number of nitrogens with zero attached hydrogens (tertiary/aromatic N) is 1. The fourth-order valence-corrected chi connectivity index (χ4v) is 3.04. The lowest BCUT2D eigenvalue weighted by Gasteiger charge is -2.20. The second-order valence-corrected chi connectivity index (χ2v) is 6.31. The summed E-state index contributed by atoms with van der Waals surface area (Å²) in [4.78, 5) is 14.4. The number of benzene rings is 1. The van der Waals surface area contributed by atoms with Crippen molar-refractivity contribution in [2.45, 2.75) is 44.8 Å². The summed E-state index contributed by atoms with van der Waals surface area (Å²) in [6.07, 6.45) is 0.724. The first-order valence-corrected chi connectivity index (χ1v) is 7.20. The quantitative estimate of drug-likeness (QED) is 0.854. The van der Waals surface area contributed by atoms with Crippen molar-refractivity contribution in [1.29, 1.82) is 0 Å². The van der Waals surface area contributed by atoms with Crippen LogP contribution >= 0.6 is 0 Å². The highest BCUT2D eigenvalue weighted by Gasteiger charge is 2.37. The van der Waals surface area contributed by atoms with Gasteiger partial charge >= 0.3 is 0 Å². The maximum Gasteiger partial charge on any atom is 0.257 e. The van der Waals surface area contributed by atoms with E-state index >= 15 is 0 Å². The highest BCUT2D eigenvalue weighted by atomic mass is 16.5. The van der Waals surface area contributed by atoms with Gasteiger partial charge in [-0.2, -0.15) is 0 Å². The maximum atomic E-state index is 12.6. The monoisotopic (exact) mass is 275 g/mol. The minimum Gasteiger partial charge on any atom is -0.489 e. The van der Waals surface area contributed by atoms with Crippen molar-refractivity contribution in [1.82, 2.24) is 4.90 Å². The smallest absolute Gasteiger partial charge is 0.257 e. The zero-order valence-electron chi connectivity index (χ0n) is 12.2. The molecule has 1 amide bonds. The fourth-order valence-electron chi connectivity index (χ4n) is 3.04. The van der Waals surface area contributed by atoms with Gasteiger partial charge in [-0.3, -0.25) is 4.79 Å². The van der Waals surface area contributed by atoms with Gasteiger partial charge in [0.25, 0.3) is 5.91 Å². The standard InChI is InChI=1S/C16H21NO3/c1-10-11(2)20-14-12(10)5-4-6-13(14)15(18)17-8-7-16(3,19)9-17/h4-6,10-11,19H,7-9H2,1-3H3. The number of fused-ring (bicyclic) bond motifs is 1. The molecule has 0 radical (unpaired) electrons. The predicted molar refractivity (Wildman–Crippen MR) is 76.1 cm³/mol. The Labute approximate surface area is 119 Å². The van der Waals surface area contributed by atoms with Gasteiger partial charge in [0.2, 0.25) is 0 Å². The third-order valence-electron chi connectivity index (χ3n) is 4.51. The van der Waals surface area contributed by atoms with Gasteiger partial charge in [0.05, 0.1) is 11.2 Å². The number of carbonyl (C=O) groups is 1. The van der Waals surface area contributed by atoms with Crippen molar-refractivity contribution in [2.75, 3.05) is 13.1 Å². The molecule has 2 aliphatic heterocycles. The molecule has 0 aliphatic carbocycles. The summed E-state index contributed by atoms with van der Waals surface area (Å²) in [6, 6.07) is 5.76. The summed E-state index contributed by atoms with van der Waals surface area (Å²) in [6.45, 7) is 6.91. The van der Waals surface area contributed by atoms with Gasteiger partial charge < -0.3 is 14.7 Å². The lowest BCUT2D eigenvalue weighted by atomic mass is 9.96. The summed E-state index contributed by atoms with van der Waals surface area (Å²) in [5.74, 6) is 0.990. The number of para-hydroxylation sites is 1. The molecule has 1 aromatic carbocycles. The van der Waals surface area contributed by atoms with E-state index in [9.17, 15) is 9.90 Å². The van der Waals surface area contributed by atoms with Crippen LogP contribution in [0.25, 0.3) is 0 Å². The van der Waals surface area contributed by atoms with Crippen LogP contribution in [-0.4, -0.2) is 40.7 Å². The van der Waals surface area contributed by atoms with Crippen molar-refractivity contribution < 1.29 is 14.6 Å². The Morgan fingerprint density at radius 2 is 2.20 bits per heavy atom. The van der Waals surface area contributed by atoms with Gasteiger partial charge in [-0.05, 0) is 26.3 Å². The molecular weight excluding hydrogens is 254 g/mol. The van der Waals surface area contributed by atoms with Crippen molar-refractivity contribution in [3.05, 3.63) is 29.3 Å². The molecule has 4 nitrogen and oxygen atoms in total. The third kappa shape index (κ3) is 2.08. The van der Waals surface area contributed by atoms with E-state index in [1.165, 1.54) is 0 Å². The highest BCUT2D eigenvalue weighted by Crippen LogP contribution is 2.41. The number of hydrogen-bond acceptors (Lipinski definition) is 3. The first-order valence-electron chi connectivity index (χ1n) is 7.20. The van der Waals surface area contributed by atoms with Crippen molar-refractivity contribution in [3.8, 4) is 5.75 Å². The SMILES string of the molecule is CC1Oc2c(C(=O)N3CCC(C)(O)C3)cccc2C1C. The van der Waals surface area contributed by atoms with E-state index in [0.29, 0.717) is 31.0 Å². The highest BCUT2D eigenvalue weighted by molar-refractivity contribution is 5.98. The van der Waals surface area contributed by atoms with Gasteiger partial charge in [0.1, 0.15) is 11.9 Å². The van der Waals surface area contributed by atoms with Gasteiger partial charge in [-0.1, -0.05) is 19.1 Å². The van der Waals surface area contributed by atoms with Crippen molar-refractivity contribution >= 4 is 5.91 Å². The molecule has 3 rings (SSSR count). The number of aliphatic hydroxyl groups is 1. The molecule has 3 atom stereocenters. The van der Waals surface area contributed by atoms with Crippen LogP contribution < -0.4 is 4.74 Å². The molecular formula is C16H21NO3. The third-order valence-corrected chi connectivity index (χ3v) is 4.51. The van der Waals surface area contributed by atoms with E-state index in [0.717, 1.165) is 11.3 Å². The second-order valence-electron chi connectivity index (χ2n) is 6.31. The van der Waals surface area contributed by atoms with Gasteiger partial charge in [-0.25, -0.2) is 0 Å². The number of hydrogen-bond donors (Lipinski definition) is 1. The number of amides is 1.